The summed E-state index contributed by atoms with van der Waals surface area (Å²) >= 11 is 0. The molecule has 0 aliphatic carbocycles. The predicted molar refractivity (Wildman–Crippen MR) is 73.5 cm³/mol. The van der Waals surface area contributed by atoms with Crippen molar-refractivity contribution in [3.05, 3.63) is 0 Å². The second-order valence-electron chi connectivity index (χ2n) is 6.03. The molecule has 1 aliphatic heterocycles. The van der Waals surface area contributed by atoms with E-state index in [0.717, 1.165) is 25.7 Å². The van der Waals surface area contributed by atoms with E-state index < -0.39 is 0 Å². The molecule has 1 saturated heterocycles. The van der Waals surface area contributed by atoms with Gasteiger partial charge in [-0.3, -0.25) is 0 Å². The maximum Gasteiger partial charge on any atom is 0.0600 e. The van der Waals surface area contributed by atoms with E-state index in [-0.39, 0.29) is 5.60 Å². The highest BCUT2D eigenvalue weighted by atomic mass is 16.5. The third-order valence-corrected chi connectivity index (χ3v) is 3.21. The molecule has 0 atom stereocenters. The van der Waals surface area contributed by atoms with Crippen LogP contribution < -0.4 is 5.32 Å². The zero-order chi connectivity index (χ0) is 12.7. The van der Waals surface area contributed by atoms with Gasteiger partial charge in [-0.15, -0.1) is 0 Å². The molecule has 0 amide bonds. The summed E-state index contributed by atoms with van der Waals surface area (Å²) in [7, 11) is 0. The minimum atomic E-state index is 0.000996. The molecule has 3 nitrogen and oxygen atoms in total. The summed E-state index contributed by atoms with van der Waals surface area (Å²) in [6, 6.07) is 0.745. The van der Waals surface area contributed by atoms with E-state index in [4.69, 9.17) is 4.74 Å². The summed E-state index contributed by atoms with van der Waals surface area (Å²) in [4.78, 5) is 2.52. The van der Waals surface area contributed by atoms with Gasteiger partial charge >= 0.3 is 0 Å². The van der Waals surface area contributed by atoms with E-state index in [1.54, 1.807) is 0 Å². The molecule has 17 heavy (non-hydrogen) atoms. The standard InChI is InChI=1S/C14H30N2O/c1-5-8-15-13-6-9-16(10-7-13)11-12-17-14(2,3)4/h13,15H,5-12H2,1-4H3. The third-order valence-electron chi connectivity index (χ3n) is 3.21. The van der Waals surface area contributed by atoms with Crippen molar-refractivity contribution < 1.29 is 4.74 Å². The van der Waals surface area contributed by atoms with Crippen LogP contribution in [-0.2, 0) is 4.74 Å². The Morgan fingerprint density at radius 2 is 1.88 bits per heavy atom. The van der Waals surface area contributed by atoms with Crippen LogP contribution in [0.25, 0.3) is 0 Å². The Morgan fingerprint density at radius 1 is 1.24 bits per heavy atom. The van der Waals surface area contributed by atoms with E-state index in [1.165, 1.54) is 32.4 Å². The lowest BCUT2D eigenvalue weighted by atomic mass is 10.1. The number of nitrogens with zero attached hydrogens (tertiary/aromatic N) is 1. The zero-order valence-corrected chi connectivity index (χ0v) is 12.1. The van der Waals surface area contributed by atoms with Crippen molar-refractivity contribution in [1.82, 2.24) is 10.2 Å². The maximum absolute atomic E-state index is 5.77. The Balaban J connectivity index is 2.07. The van der Waals surface area contributed by atoms with Crippen molar-refractivity contribution in [2.45, 2.75) is 58.6 Å². The van der Waals surface area contributed by atoms with Gasteiger partial charge in [0, 0.05) is 12.6 Å². The SMILES string of the molecule is CCCNC1CCN(CCOC(C)(C)C)CC1. The van der Waals surface area contributed by atoms with Gasteiger partial charge in [0.2, 0.25) is 0 Å². The van der Waals surface area contributed by atoms with Crippen molar-refractivity contribution >= 4 is 0 Å². The highest BCUT2D eigenvalue weighted by Gasteiger charge is 2.18. The fourth-order valence-corrected chi connectivity index (χ4v) is 2.19. The van der Waals surface area contributed by atoms with Gasteiger partial charge in [-0.05, 0) is 59.7 Å². The normalized spacial score (nSPS) is 19.8. The predicted octanol–water partition coefficient (Wildman–Crippen LogP) is 2.27. The number of hydrogen-bond donors (Lipinski definition) is 1. The van der Waals surface area contributed by atoms with Crippen LogP contribution in [0.15, 0.2) is 0 Å². The molecule has 0 radical (unpaired) electrons. The Morgan fingerprint density at radius 3 is 2.41 bits per heavy atom. The summed E-state index contributed by atoms with van der Waals surface area (Å²) in [5, 5.41) is 3.61. The molecular weight excluding hydrogens is 212 g/mol. The minimum absolute atomic E-state index is 0.000996. The molecule has 1 aliphatic rings. The van der Waals surface area contributed by atoms with Gasteiger partial charge in [-0.1, -0.05) is 6.92 Å². The molecule has 1 heterocycles. The van der Waals surface area contributed by atoms with Crippen LogP contribution in [0, 0.1) is 0 Å². The van der Waals surface area contributed by atoms with Crippen LogP contribution in [0.2, 0.25) is 0 Å². The van der Waals surface area contributed by atoms with Gasteiger partial charge in [0.05, 0.1) is 12.2 Å². The molecule has 0 spiro atoms. The zero-order valence-electron chi connectivity index (χ0n) is 12.1. The topological polar surface area (TPSA) is 24.5 Å². The summed E-state index contributed by atoms with van der Waals surface area (Å²) < 4.78 is 5.77. The molecule has 0 bridgehead atoms. The maximum atomic E-state index is 5.77. The molecule has 0 aromatic heterocycles. The van der Waals surface area contributed by atoms with E-state index in [2.05, 4.69) is 37.9 Å². The molecule has 3 heteroatoms. The minimum Gasteiger partial charge on any atom is -0.375 e. The van der Waals surface area contributed by atoms with Crippen molar-refractivity contribution in [2.24, 2.45) is 0 Å². The van der Waals surface area contributed by atoms with Gasteiger partial charge in [0.15, 0.2) is 0 Å². The first-order chi connectivity index (χ1) is 8.01. The molecule has 1 fully saturated rings. The molecule has 1 rings (SSSR count). The lowest BCUT2D eigenvalue weighted by Gasteiger charge is -2.33. The van der Waals surface area contributed by atoms with Crippen LogP contribution in [0.4, 0.5) is 0 Å². The first-order valence-electron chi connectivity index (χ1n) is 7.11. The molecule has 1 N–H and O–H groups in total. The van der Waals surface area contributed by atoms with Crippen LogP contribution >= 0.6 is 0 Å². The number of likely N-dealkylation sites (tertiary alicyclic amines) is 1. The summed E-state index contributed by atoms with van der Waals surface area (Å²) in [5.74, 6) is 0. The van der Waals surface area contributed by atoms with Gasteiger partial charge in [-0.2, -0.15) is 0 Å². The lowest BCUT2D eigenvalue weighted by Crippen LogP contribution is -2.44. The Hall–Kier alpha value is -0.120. The lowest BCUT2D eigenvalue weighted by molar-refractivity contribution is -0.0155. The van der Waals surface area contributed by atoms with Crippen LogP contribution in [0.3, 0.4) is 0 Å². The first kappa shape index (κ1) is 14.9. The van der Waals surface area contributed by atoms with Crippen molar-refractivity contribution in [2.75, 3.05) is 32.8 Å². The molecular formula is C14H30N2O. The van der Waals surface area contributed by atoms with Crippen LogP contribution in [0.5, 0.6) is 0 Å². The molecule has 0 unspecified atom stereocenters. The van der Waals surface area contributed by atoms with E-state index in [0.29, 0.717) is 0 Å². The Bertz CT molecular complexity index is 193. The van der Waals surface area contributed by atoms with Gasteiger partial charge in [-0.25, -0.2) is 0 Å². The van der Waals surface area contributed by atoms with Crippen LogP contribution in [0.1, 0.15) is 47.0 Å². The van der Waals surface area contributed by atoms with Crippen molar-refractivity contribution in [3.63, 3.8) is 0 Å². The van der Waals surface area contributed by atoms with E-state index in [9.17, 15) is 0 Å². The second kappa shape index (κ2) is 7.34. The highest BCUT2D eigenvalue weighted by molar-refractivity contribution is 4.77. The number of piperidine rings is 1. The number of rotatable bonds is 6. The average molecular weight is 242 g/mol. The summed E-state index contributed by atoms with van der Waals surface area (Å²) in [5.41, 5.74) is 0.000996. The third kappa shape index (κ3) is 7.02. The second-order valence-corrected chi connectivity index (χ2v) is 6.03. The number of nitrogens with one attached hydrogen (secondary N) is 1. The smallest absolute Gasteiger partial charge is 0.0600 e. The van der Waals surface area contributed by atoms with E-state index >= 15 is 0 Å². The Labute approximate surface area is 107 Å². The summed E-state index contributed by atoms with van der Waals surface area (Å²) in [6.07, 6.45) is 3.81. The van der Waals surface area contributed by atoms with Gasteiger partial charge in [0.1, 0.15) is 0 Å². The quantitative estimate of drug-likeness (QED) is 0.773. The van der Waals surface area contributed by atoms with Gasteiger partial charge in [0.25, 0.3) is 0 Å². The summed E-state index contributed by atoms with van der Waals surface area (Å²) in [6.45, 7) is 14.1. The fourth-order valence-electron chi connectivity index (χ4n) is 2.19. The molecule has 0 aromatic rings. The molecule has 0 saturated carbocycles. The number of hydrogen-bond acceptors (Lipinski definition) is 3. The molecule has 0 aromatic carbocycles. The first-order valence-corrected chi connectivity index (χ1v) is 7.11. The van der Waals surface area contributed by atoms with Crippen molar-refractivity contribution in [1.29, 1.82) is 0 Å². The van der Waals surface area contributed by atoms with Crippen molar-refractivity contribution in [3.8, 4) is 0 Å². The molecule has 102 valence electrons. The van der Waals surface area contributed by atoms with Gasteiger partial charge < -0.3 is 15.0 Å². The highest BCUT2D eigenvalue weighted by Crippen LogP contribution is 2.11. The Kier molecular flexibility index (Phi) is 6.45. The monoisotopic (exact) mass is 242 g/mol. The fraction of sp³-hybridized carbons (Fsp3) is 1.00. The van der Waals surface area contributed by atoms with E-state index in [1.807, 2.05) is 0 Å². The average Bonchev–Trinajstić information content (AvgIpc) is 2.26. The van der Waals surface area contributed by atoms with Crippen LogP contribution in [-0.4, -0.2) is 49.3 Å². The largest absolute Gasteiger partial charge is 0.375 e. The number of ether oxygens (including phenoxy) is 1.